The average Bonchev–Trinajstić information content (AvgIpc) is 3.16. The first kappa shape index (κ1) is 19.3. The van der Waals surface area contributed by atoms with Crippen molar-refractivity contribution in [1.29, 1.82) is 0 Å². The van der Waals surface area contributed by atoms with Crippen LogP contribution in [0.5, 0.6) is 0 Å². The van der Waals surface area contributed by atoms with Gasteiger partial charge in [0.25, 0.3) is 11.6 Å². The number of carbonyl (C=O) groups excluding carboxylic acids is 1. The number of non-ortho nitro benzene ring substituents is 1. The number of benzene rings is 2. The molecule has 3 rings (SSSR count). The molecular weight excluding hydrogens is 386 g/mol. The highest BCUT2D eigenvalue weighted by Crippen LogP contribution is 2.32. The van der Waals surface area contributed by atoms with Crippen LogP contribution < -0.4 is 5.43 Å². The Bertz CT molecular complexity index is 1030. The van der Waals surface area contributed by atoms with Gasteiger partial charge in [0.2, 0.25) is 0 Å². The van der Waals surface area contributed by atoms with E-state index < -0.39 is 16.9 Å². The monoisotopic (exact) mass is 399 g/mol. The van der Waals surface area contributed by atoms with E-state index in [0.717, 1.165) is 0 Å². The molecule has 0 bridgehead atoms. The van der Waals surface area contributed by atoms with Gasteiger partial charge in [-0.2, -0.15) is 5.10 Å². The third kappa shape index (κ3) is 4.43. The molecule has 0 aliphatic heterocycles. The van der Waals surface area contributed by atoms with Crippen molar-refractivity contribution in [2.75, 3.05) is 0 Å². The van der Waals surface area contributed by atoms with E-state index in [-0.39, 0.29) is 11.4 Å². The van der Waals surface area contributed by atoms with Gasteiger partial charge >= 0.3 is 0 Å². The summed E-state index contributed by atoms with van der Waals surface area (Å²) in [4.78, 5) is 22.3. The number of halogens is 1. The first-order valence-corrected chi connectivity index (χ1v) is 8.43. The van der Waals surface area contributed by atoms with E-state index in [1.54, 1.807) is 42.5 Å². The van der Waals surface area contributed by atoms with Gasteiger partial charge in [0.1, 0.15) is 11.5 Å². The molecule has 0 spiro atoms. The summed E-state index contributed by atoms with van der Waals surface area (Å²) in [7, 11) is 0. The number of nitro groups is 1. The fourth-order valence-corrected chi connectivity index (χ4v) is 2.60. The predicted molar refractivity (Wildman–Crippen MR) is 103 cm³/mol. The van der Waals surface area contributed by atoms with Crippen molar-refractivity contribution >= 4 is 29.4 Å². The summed E-state index contributed by atoms with van der Waals surface area (Å²) in [5.41, 5.74) is 2.90. The summed E-state index contributed by atoms with van der Waals surface area (Å²) < 4.78 is 5.54. The minimum absolute atomic E-state index is 0.117. The Balaban J connectivity index is 1.69. The van der Waals surface area contributed by atoms with Gasteiger partial charge in [-0.25, -0.2) is 5.43 Å². The second kappa shape index (κ2) is 8.47. The second-order valence-electron chi connectivity index (χ2n) is 5.67. The molecule has 9 heteroatoms. The van der Waals surface area contributed by atoms with E-state index in [1.807, 2.05) is 0 Å². The standard InChI is InChI=1S/C19H14ClN3O5/c20-16-8-6-13(23(26)27)10-15(16)17-9-7-14(28-17)11-21-22-19(25)18(24)12-4-2-1-3-5-12/h1-11,18,24H,(H,22,25). The van der Waals surface area contributed by atoms with Gasteiger partial charge in [0, 0.05) is 17.7 Å². The average molecular weight is 400 g/mol. The molecule has 1 unspecified atom stereocenters. The van der Waals surface area contributed by atoms with Gasteiger partial charge in [-0.3, -0.25) is 14.9 Å². The maximum atomic E-state index is 11.9. The highest BCUT2D eigenvalue weighted by atomic mass is 35.5. The smallest absolute Gasteiger partial charge is 0.273 e. The third-order valence-electron chi connectivity index (χ3n) is 3.78. The number of aliphatic hydroxyl groups excluding tert-OH is 1. The van der Waals surface area contributed by atoms with Gasteiger partial charge < -0.3 is 9.52 Å². The van der Waals surface area contributed by atoms with Crippen molar-refractivity contribution in [2.24, 2.45) is 5.10 Å². The van der Waals surface area contributed by atoms with Crippen LogP contribution in [0, 0.1) is 10.1 Å². The number of amides is 1. The van der Waals surface area contributed by atoms with Crippen molar-refractivity contribution in [3.63, 3.8) is 0 Å². The molecule has 1 amide bonds. The zero-order chi connectivity index (χ0) is 20.1. The van der Waals surface area contributed by atoms with E-state index in [4.69, 9.17) is 16.0 Å². The number of carbonyl (C=O) groups is 1. The molecule has 0 saturated carbocycles. The molecule has 1 heterocycles. The number of rotatable bonds is 6. The van der Waals surface area contributed by atoms with Gasteiger partial charge in [-0.1, -0.05) is 41.9 Å². The quantitative estimate of drug-likeness (QED) is 0.372. The van der Waals surface area contributed by atoms with Crippen molar-refractivity contribution in [2.45, 2.75) is 6.10 Å². The van der Waals surface area contributed by atoms with Gasteiger partial charge in [0.15, 0.2) is 6.10 Å². The van der Waals surface area contributed by atoms with Crippen LogP contribution in [0.3, 0.4) is 0 Å². The molecule has 1 atom stereocenters. The van der Waals surface area contributed by atoms with E-state index in [0.29, 0.717) is 21.9 Å². The van der Waals surface area contributed by atoms with Crippen molar-refractivity contribution in [1.82, 2.24) is 5.43 Å². The molecule has 0 aliphatic rings. The SMILES string of the molecule is O=C(NN=Cc1ccc(-c2cc([N+](=O)[O-])ccc2Cl)o1)C(O)c1ccccc1. The molecule has 0 radical (unpaired) electrons. The lowest BCUT2D eigenvalue weighted by Crippen LogP contribution is -2.25. The number of nitro benzene ring substituents is 1. The Labute approximate surface area is 164 Å². The number of hydrogen-bond donors (Lipinski definition) is 2. The Hall–Kier alpha value is -3.49. The first-order chi connectivity index (χ1) is 13.5. The van der Waals surface area contributed by atoms with Crippen molar-refractivity contribution in [3.8, 4) is 11.3 Å². The fourth-order valence-electron chi connectivity index (χ4n) is 2.39. The fraction of sp³-hybridized carbons (Fsp3) is 0.0526. The highest BCUT2D eigenvalue weighted by Gasteiger charge is 2.16. The molecule has 1 aromatic heterocycles. The van der Waals surface area contributed by atoms with E-state index in [9.17, 15) is 20.0 Å². The second-order valence-corrected chi connectivity index (χ2v) is 6.08. The van der Waals surface area contributed by atoms with Crippen LogP contribution in [0.2, 0.25) is 5.02 Å². The van der Waals surface area contributed by atoms with E-state index in [1.165, 1.54) is 24.4 Å². The molecule has 0 aliphatic carbocycles. The summed E-state index contributed by atoms with van der Waals surface area (Å²) in [5, 5.41) is 24.9. The minimum Gasteiger partial charge on any atom is -0.455 e. The van der Waals surface area contributed by atoms with Crippen LogP contribution in [0.25, 0.3) is 11.3 Å². The number of aliphatic hydroxyl groups is 1. The Morgan fingerprint density at radius 2 is 1.96 bits per heavy atom. The molecule has 3 aromatic rings. The van der Waals surface area contributed by atoms with Gasteiger partial charge in [-0.05, 0) is 23.8 Å². The van der Waals surface area contributed by atoms with Crippen molar-refractivity contribution in [3.05, 3.63) is 87.1 Å². The van der Waals surface area contributed by atoms with Gasteiger partial charge in [0.05, 0.1) is 16.2 Å². The molecule has 0 saturated heterocycles. The Morgan fingerprint density at radius 3 is 2.68 bits per heavy atom. The molecular formula is C19H14ClN3O5. The third-order valence-corrected chi connectivity index (χ3v) is 4.11. The Kier molecular flexibility index (Phi) is 5.83. The first-order valence-electron chi connectivity index (χ1n) is 8.06. The molecule has 28 heavy (non-hydrogen) atoms. The topological polar surface area (TPSA) is 118 Å². The summed E-state index contributed by atoms with van der Waals surface area (Å²) in [6, 6.07) is 15.6. The number of furan rings is 1. The number of nitrogens with zero attached hydrogens (tertiary/aromatic N) is 2. The zero-order valence-corrected chi connectivity index (χ0v) is 15.0. The summed E-state index contributed by atoms with van der Waals surface area (Å²) in [6.07, 6.45) is -0.112. The number of hydrogen-bond acceptors (Lipinski definition) is 6. The highest BCUT2D eigenvalue weighted by molar-refractivity contribution is 6.33. The predicted octanol–water partition coefficient (Wildman–Crippen LogP) is 3.69. The maximum absolute atomic E-state index is 11.9. The number of hydrazone groups is 1. The van der Waals surface area contributed by atoms with Crippen molar-refractivity contribution < 1.29 is 19.2 Å². The van der Waals surface area contributed by atoms with Gasteiger partial charge in [-0.15, -0.1) is 0 Å². The number of nitrogens with one attached hydrogen (secondary N) is 1. The summed E-state index contributed by atoms with van der Waals surface area (Å²) in [6.45, 7) is 0. The summed E-state index contributed by atoms with van der Waals surface area (Å²) >= 11 is 6.08. The maximum Gasteiger partial charge on any atom is 0.273 e. The van der Waals surface area contributed by atoms with Crippen LogP contribution in [0.15, 0.2) is 70.2 Å². The minimum atomic E-state index is -1.35. The lowest BCUT2D eigenvalue weighted by molar-refractivity contribution is -0.384. The van der Waals surface area contributed by atoms with Crippen LogP contribution in [-0.2, 0) is 4.79 Å². The molecule has 142 valence electrons. The zero-order valence-electron chi connectivity index (χ0n) is 14.3. The van der Waals surface area contributed by atoms with Crippen LogP contribution >= 0.6 is 11.6 Å². The normalized spacial score (nSPS) is 12.1. The van der Waals surface area contributed by atoms with Crippen LogP contribution in [0.1, 0.15) is 17.4 Å². The molecule has 2 N–H and O–H groups in total. The molecule has 0 fully saturated rings. The van der Waals surface area contributed by atoms with Crippen LogP contribution in [0.4, 0.5) is 5.69 Å². The van der Waals surface area contributed by atoms with E-state index >= 15 is 0 Å². The molecule has 2 aromatic carbocycles. The summed E-state index contributed by atoms with van der Waals surface area (Å²) in [5.74, 6) is -0.103. The lowest BCUT2D eigenvalue weighted by atomic mass is 10.1. The largest absolute Gasteiger partial charge is 0.455 e. The lowest BCUT2D eigenvalue weighted by Gasteiger charge is -2.08. The van der Waals surface area contributed by atoms with Crippen LogP contribution in [-0.4, -0.2) is 22.2 Å². The van der Waals surface area contributed by atoms with E-state index in [2.05, 4.69) is 10.5 Å². The Morgan fingerprint density at radius 1 is 1.21 bits per heavy atom. The molecule has 8 nitrogen and oxygen atoms in total.